The molecule has 1 N–H and O–H groups in total. The Morgan fingerprint density at radius 2 is 1.82 bits per heavy atom. The van der Waals surface area contributed by atoms with Gasteiger partial charge in [0.1, 0.15) is 11.5 Å². The molecule has 1 aromatic carbocycles. The van der Waals surface area contributed by atoms with Crippen LogP contribution >= 0.6 is 0 Å². The van der Waals surface area contributed by atoms with E-state index in [4.69, 9.17) is 9.47 Å². The van der Waals surface area contributed by atoms with Gasteiger partial charge in [-0.05, 0) is 25.8 Å². The first kappa shape index (κ1) is 16.7. The fourth-order valence-corrected chi connectivity index (χ4v) is 3.25. The normalized spacial score (nSPS) is 16.0. The van der Waals surface area contributed by atoms with E-state index in [-0.39, 0.29) is 5.91 Å². The van der Waals surface area contributed by atoms with Crippen LogP contribution in [0.3, 0.4) is 0 Å². The zero-order valence-electron chi connectivity index (χ0n) is 13.9. The largest absolute Gasteiger partial charge is 0.496 e. The Hall–Kier alpha value is -1.71. The van der Waals surface area contributed by atoms with Crippen molar-refractivity contribution in [3.8, 4) is 11.5 Å². The smallest absolute Gasteiger partial charge is 0.224 e. The molecule has 0 bridgehead atoms. The molecule has 22 heavy (non-hydrogen) atoms. The molecular weight excluding hydrogens is 278 g/mol. The monoisotopic (exact) mass is 305 g/mol. The quantitative estimate of drug-likeness (QED) is 0.848. The molecule has 0 unspecified atom stereocenters. The van der Waals surface area contributed by atoms with Crippen LogP contribution in [0.5, 0.6) is 11.5 Å². The average molecular weight is 305 g/mol. The van der Waals surface area contributed by atoms with Crippen LogP contribution in [-0.2, 0) is 11.2 Å². The van der Waals surface area contributed by atoms with Crippen molar-refractivity contribution in [3.63, 3.8) is 0 Å². The van der Waals surface area contributed by atoms with Gasteiger partial charge in [0.15, 0.2) is 0 Å². The molecule has 1 saturated carbocycles. The van der Waals surface area contributed by atoms with Crippen LogP contribution in [0.4, 0.5) is 0 Å². The van der Waals surface area contributed by atoms with Crippen molar-refractivity contribution in [2.75, 3.05) is 14.2 Å². The van der Waals surface area contributed by atoms with Crippen molar-refractivity contribution < 1.29 is 14.3 Å². The molecule has 1 aromatic rings. The molecule has 0 aromatic heterocycles. The topological polar surface area (TPSA) is 47.6 Å². The molecule has 0 saturated heterocycles. The van der Waals surface area contributed by atoms with E-state index in [2.05, 4.69) is 5.32 Å². The third-order valence-electron chi connectivity index (χ3n) is 4.43. The Bertz CT molecular complexity index is 505. The number of methoxy groups -OCH3 is 2. The van der Waals surface area contributed by atoms with E-state index in [1.807, 2.05) is 19.1 Å². The number of carbonyl (C=O) groups is 1. The molecule has 4 nitrogen and oxygen atoms in total. The molecule has 0 atom stereocenters. The van der Waals surface area contributed by atoms with Gasteiger partial charge in [-0.3, -0.25) is 4.79 Å². The Balaban J connectivity index is 2.03. The molecule has 0 spiro atoms. The minimum atomic E-state index is 0.0785. The first-order chi connectivity index (χ1) is 10.7. The number of hydrogen-bond donors (Lipinski definition) is 1. The first-order valence-corrected chi connectivity index (χ1v) is 8.15. The number of hydrogen-bond acceptors (Lipinski definition) is 3. The molecule has 4 heteroatoms. The third-order valence-corrected chi connectivity index (χ3v) is 4.43. The highest BCUT2D eigenvalue weighted by Gasteiger charge is 2.17. The lowest BCUT2D eigenvalue weighted by Crippen LogP contribution is -2.35. The summed E-state index contributed by atoms with van der Waals surface area (Å²) in [6, 6.07) is 4.14. The zero-order valence-corrected chi connectivity index (χ0v) is 13.9. The van der Waals surface area contributed by atoms with Gasteiger partial charge in [-0.2, -0.15) is 0 Å². The van der Waals surface area contributed by atoms with Gasteiger partial charge in [0.2, 0.25) is 5.91 Å². The minimum Gasteiger partial charge on any atom is -0.496 e. The second-order valence-corrected chi connectivity index (χ2v) is 6.02. The first-order valence-electron chi connectivity index (χ1n) is 8.15. The lowest BCUT2D eigenvalue weighted by Gasteiger charge is -2.18. The molecule has 1 amide bonds. The third kappa shape index (κ3) is 4.15. The summed E-state index contributed by atoms with van der Waals surface area (Å²) in [5.74, 6) is 1.61. The zero-order chi connectivity index (χ0) is 15.9. The number of rotatable bonds is 5. The Kier molecular flexibility index (Phi) is 6.10. The fraction of sp³-hybridized carbons (Fsp3) is 0.611. The van der Waals surface area contributed by atoms with Gasteiger partial charge in [-0.15, -0.1) is 0 Å². The molecular formula is C18H27NO3. The lowest BCUT2D eigenvalue weighted by molar-refractivity contribution is -0.121. The predicted octanol–water partition coefficient (Wildman–Crippen LogP) is 3.39. The van der Waals surface area contributed by atoms with E-state index < -0.39 is 0 Å². The van der Waals surface area contributed by atoms with Crippen LogP contribution in [0.25, 0.3) is 0 Å². The van der Waals surface area contributed by atoms with Crippen molar-refractivity contribution in [2.45, 2.75) is 57.9 Å². The second-order valence-electron chi connectivity index (χ2n) is 6.02. The highest BCUT2D eigenvalue weighted by molar-refractivity contribution is 5.80. The fourth-order valence-electron chi connectivity index (χ4n) is 3.25. The van der Waals surface area contributed by atoms with Crippen LogP contribution in [-0.4, -0.2) is 26.2 Å². The maximum atomic E-state index is 12.3. The summed E-state index contributed by atoms with van der Waals surface area (Å²) in [4.78, 5) is 12.3. The van der Waals surface area contributed by atoms with E-state index in [1.54, 1.807) is 14.2 Å². The molecule has 0 aliphatic heterocycles. The Morgan fingerprint density at radius 1 is 1.14 bits per heavy atom. The van der Waals surface area contributed by atoms with Gasteiger partial charge in [0.05, 0.1) is 20.6 Å². The van der Waals surface area contributed by atoms with Crippen molar-refractivity contribution >= 4 is 5.91 Å². The predicted molar refractivity (Wildman–Crippen MR) is 87.6 cm³/mol. The maximum absolute atomic E-state index is 12.3. The van der Waals surface area contributed by atoms with E-state index >= 15 is 0 Å². The van der Waals surface area contributed by atoms with Crippen LogP contribution in [0.15, 0.2) is 12.1 Å². The number of benzene rings is 1. The van der Waals surface area contributed by atoms with Crippen LogP contribution < -0.4 is 14.8 Å². The highest BCUT2D eigenvalue weighted by Crippen LogP contribution is 2.31. The average Bonchev–Trinajstić information content (AvgIpc) is 2.76. The maximum Gasteiger partial charge on any atom is 0.224 e. The van der Waals surface area contributed by atoms with Crippen LogP contribution in [0.2, 0.25) is 0 Å². The summed E-state index contributed by atoms with van der Waals surface area (Å²) < 4.78 is 10.8. The standard InChI is InChI=1S/C18H27NO3/c1-13-16(21-2)11-10-14(18(13)22-3)12-17(20)19-15-8-6-4-5-7-9-15/h10-11,15H,4-9,12H2,1-3H3,(H,19,20). The molecule has 0 heterocycles. The van der Waals surface area contributed by atoms with Crippen molar-refractivity contribution in [1.82, 2.24) is 5.32 Å². The molecule has 1 fully saturated rings. The molecule has 122 valence electrons. The van der Waals surface area contributed by atoms with Crippen LogP contribution in [0.1, 0.15) is 49.7 Å². The number of amides is 1. The molecule has 1 aliphatic carbocycles. The highest BCUT2D eigenvalue weighted by atomic mass is 16.5. The Labute approximate surface area is 133 Å². The van der Waals surface area contributed by atoms with Gasteiger partial charge in [-0.1, -0.05) is 31.7 Å². The second kappa shape index (κ2) is 8.06. The minimum absolute atomic E-state index is 0.0785. The summed E-state index contributed by atoms with van der Waals surface area (Å²) in [5.41, 5.74) is 1.84. The van der Waals surface area contributed by atoms with Crippen molar-refractivity contribution in [3.05, 3.63) is 23.3 Å². The lowest BCUT2D eigenvalue weighted by atomic mass is 10.0. The van der Waals surface area contributed by atoms with E-state index in [0.29, 0.717) is 12.5 Å². The Morgan fingerprint density at radius 3 is 2.41 bits per heavy atom. The molecule has 0 radical (unpaired) electrons. The van der Waals surface area contributed by atoms with E-state index in [9.17, 15) is 4.79 Å². The van der Waals surface area contributed by atoms with Gasteiger partial charge < -0.3 is 14.8 Å². The van der Waals surface area contributed by atoms with Crippen molar-refractivity contribution in [2.24, 2.45) is 0 Å². The summed E-state index contributed by atoms with van der Waals surface area (Å²) >= 11 is 0. The summed E-state index contributed by atoms with van der Waals surface area (Å²) in [7, 11) is 3.27. The van der Waals surface area contributed by atoms with Crippen LogP contribution in [0, 0.1) is 6.92 Å². The van der Waals surface area contributed by atoms with Gasteiger partial charge in [0.25, 0.3) is 0 Å². The van der Waals surface area contributed by atoms with E-state index in [0.717, 1.165) is 35.5 Å². The van der Waals surface area contributed by atoms with Gasteiger partial charge in [-0.25, -0.2) is 0 Å². The summed E-state index contributed by atoms with van der Waals surface area (Å²) in [6.07, 6.45) is 7.57. The number of nitrogens with one attached hydrogen (secondary N) is 1. The molecule has 1 aliphatic rings. The van der Waals surface area contributed by atoms with Gasteiger partial charge >= 0.3 is 0 Å². The number of ether oxygens (including phenoxy) is 2. The summed E-state index contributed by atoms with van der Waals surface area (Å²) in [6.45, 7) is 1.95. The SMILES string of the molecule is COc1ccc(CC(=O)NC2CCCCCC2)c(OC)c1C. The van der Waals surface area contributed by atoms with Gasteiger partial charge in [0, 0.05) is 17.2 Å². The molecule has 2 rings (SSSR count). The summed E-state index contributed by atoms with van der Waals surface area (Å²) in [5, 5.41) is 3.18. The van der Waals surface area contributed by atoms with Crippen molar-refractivity contribution in [1.29, 1.82) is 0 Å². The van der Waals surface area contributed by atoms with E-state index in [1.165, 1.54) is 25.7 Å². The number of carbonyl (C=O) groups excluding carboxylic acids is 1.